The van der Waals surface area contributed by atoms with Crippen molar-refractivity contribution < 1.29 is 9.53 Å². The molecule has 0 saturated heterocycles. The fraction of sp³-hybridized carbons (Fsp3) is 0.357. The van der Waals surface area contributed by atoms with Crippen LogP contribution in [-0.2, 0) is 6.42 Å². The Balaban J connectivity index is 2.06. The highest BCUT2D eigenvalue weighted by Gasteiger charge is 2.06. The molecule has 2 aromatic rings. The molecule has 0 radical (unpaired) electrons. The minimum Gasteiger partial charge on any atom is -0.493 e. The van der Waals surface area contributed by atoms with Gasteiger partial charge in [-0.2, -0.15) is 0 Å². The predicted molar refractivity (Wildman–Crippen MR) is 83.8 cm³/mol. The van der Waals surface area contributed by atoms with E-state index in [0.717, 1.165) is 28.4 Å². The third-order valence-corrected chi connectivity index (χ3v) is 3.32. The second-order valence-corrected chi connectivity index (χ2v) is 5.11. The van der Waals surface area contributed by atoms with Gasteiger partial charge in [-0.1, -0.05) is 15.9 Å². The minimum atomic E-state index is -0.161. The quantitative estimate of drug-likeness (QED) is 0.707. The molecule has 0 spiro atoms. The number of rotatable bonds is 6. The number of amides is 2. The van der Waals surface area contributed by atoms with Crippen LogP contribution in [0.25, 0.3) is 10.9 Å². The normalized spacial score (nSPS) is 10.5. The first-order chi connectivity index (χ1) is 9.74. The molecule has 20 heavy (non-hydrogen) atoms. The average Bonchev–Trinajstić information content (AvgIpc) is 2.87. The number of carbonyl (C=O) groups excluding carboxylic acids is 1. The average molecular weight is 340 g/mol. The van der Waals surface area contributed by atoms with Crippen molar-refractivity contribution in [2.75, 3.05) is 25.5 Å². The van der Waals surface area contributed by atoms with Gasteiger partial charge in [-0.25, -0.2) is 4.79 Å². The number of hydrogen-bond acceptors (Lipinski definition) is 2. The van der Waals surface area contributed by atoms with Crippen LogP contribution in [-0.4, -0.2) is 36.5 Å². The molecule has 1 heterocycles. The van der Waals surface area contributed by atoms with Crippen molar-refractivity contribution in [1.29, 1.82) is 0 Å². The maximum absolute atomic E-state index is 11.1. The first kappa shape index (κ1) is 14.7. The number of ether oxygens (including phenoxy) is 1. The molecule has 1 aromatic heterocycles. The summed E-state index contributed by atoms with van der Waals surface area (Å²) < 4.78 is 5.61. The summed E-state index contributed by atoms with van der Waals surface area (Å²) in [6.45, 7) is 1.24. The van der Waals surface area contributed by atoms with Crippen LogP contribution in [0.2, 0.25) is 0 Å². The number of benzene rings is 1. The summed E-state index contributed by atoms with van der Waals surface area (Å²) in [4.78, 5) is 14.4. The molecular formula is C14H18BrN3O2. The smallest absolute Gasteiger partial charge is 0.314 e. The number of halogens is 1. The molecule has 3 N–H and O–H groups in total. The van der Waals surface area contributed by atoms with Crippen molar-refractivity contribution in [2.24, 2.45) is 0 Å². The van der Waals surface area contributed by atoms with E-state index >= 15 is 0 Å². The second-order valence-electron chi connectivity index (χ2n) is 4.31. The molecule has 0 aliphatic rings. The van der Waals surface area contributed by atoms with Gasteiger partial charge in [0.25, 0.3) is 0 Å². The van der Waals surface area contributed by atoms with E-state index in [9.17, 15) is 4.79 Å². The summed E-state index contributed by atoms with van der Waals surface area (Å²) in [6.07, 6.45) is 2.75. The first-order valence-electron chi connectivity index (χ1n) is 6.49. The van der Waals surface area contributed by atoms with Gasteiger partial charge in [-0.15, -0.1) is 0 Å². The molecule has 2 amide bonds. The van der Waals surface area contributed by atoms with E-state index in [1.54, 1.807) is 7.05 Å². The first-order valence-corrected chi connectivity index (χ1v) is 7.61. The van der Waals surface area contributed by atoms with Gasteiger partial charge in [0.15, 0.2) is 0 Å². The summed E-state index contributed by atoms with van der Waals surface area (Å²) in [7, 11) is 1.61. The molecule has 0 aliphatic carbocycles. The maximum atomic E-state index is 11.1. The van der Waals surface area contributed by atoms with Crippen LogP contribution in [0.3, 0.4) is 0 Å². The Bertz CT molecular complexity index is 583. The monoisotopic (exact) mass is 339 g/mol. The molecule has 1 aromatic carbocycles. The van der Waals surface area contributed by atoms with Crippen LogP contribution >= 0.6 is 15.9 Å². The maximum Gasteiger partial charge on any atom is 0.314 e. The van der Waals surface area contributed by atoms with E-state index in [2.05, 4.69) is 31.5 Å². The Kier molecular flexibility index (Phi) is 5.29. The molecule has 108 valence electrons. The van der Waals surface area contributed by atoms with E-state index in [4.69, 9.17) is 4.74 Å². The molecule has 2 rings (SSSR count). The SMILES string of the molecule is CNC(=O)NCCc1c[nH]c2ccc(OCCBr)cc12. The Hall–Kier alpha value is -1.69. The van der Waals surface area contributed by atoms with Gasteiger partial charge in [0.2, 0.25) is 0 Å². The van der Waals surface area contributed by atoms with Gasteiger partial charge in [0, 0.05) is 36.0 Å². The number of fused-ring (bicyclic) bond motifs is 1. The molecule has 6 heteroatoms. The summed E-state index contributed by atoms with van der Waals surface area (Å²) in [6, 6.07) is 5.83. The highest BCUT2D eigenvalue weighted by atomic mass is 79.9. The molecule has 0 saturated carbocycles. The van der Waals surface area contributed by atoms with Gasteiger partial charge in [-0.3, -0.25) is 0 Å². The van der Waals surface area contributed by atoms with Crippen LogP contribution in [0.4, 0.5) is 4.79 Å². The topological polar surface area (TPSA) is 66.2 Å². The van der Waals surface area contributed by atoms with Crippen molar-refractivity contribution >= 4 is 32.9 Å². The van der Waals surface area contributed by atoms with Crippen molar-refractivity contribution in [3.63, 3.8) is 0 Å². The lowest BCUT2D eigenvalue weighted by Crippen LogP contribution is -2.33. The second kappa shape index (κ2) is 7.19. The molecule has 0 unspecified atom stereocenters. The van der Waals surface area contributed by atoms with Crippen LogP contribution in [0.5, 0.6) is 5.75 Å². The highest BCUT2D eigenvalue weighted by Crippen LogP contribution is 2.24. The number of aromatic nitrogens is 1. The fourth-order valence-corrected chi connectivity index (χ4v) is 2.17. The Labute approximate surface area is 126 Å². The number of H-pyrrole nitrogens is 1. The molecule has 0 fully saturated rings. The predicted octanol–water partition coefficient (Wildman–Crippen LogP) is 2.41. The molecule has 5 nitrogen and oxygen atoms in total. The van der Waals surface area contributed by atoms with E-state index in [1.165, 1.54) is 5.56 Å². The summed E-state index contributed by atoms with van der Waals surface area (Å²) in [5.41, 5.74) is 2.24. The van der Waals surface area contributed by atoms with Gasteiger partial charge in [0.05, 0.1) is 6.61 Å². The van der Waals surface area contributed by atoms with Crippen molar-refractivity contribution in [2.45, 2.75) is 6.42 Å². The highest BCUT2D eigenvalue weighted by molar-refractivity contribution is 9.09. The third-order valence-electron chi connectivity index (χ3n) is 2.99. The summed E-state index contributed by atoms with van der Waals surface area (Å²) in [5, 5.41) is 7.26. The number of alkyl halides is 1. The van der Waals surface area contributed by atoms with Crippen LogP contribution in [0, 0.1) is 0 Å². The minimum absolute atomic E-state index is 0.161. The third kappa shape index (κ3) is 3.66. The lowest BCUT2D eigenvalue weighted by atomic mass is 10.1. The van der Waals surface area contributed by atoms with Gasteiger partial charge in [0.1, 0.15) is 5.75 Å². The van der Waals surface area contributed by atoms with E-state index < -0.39 is 0 Å². The van der Waals surface area contributed by atoms with E-state index in [0.29, 0.717) is 13.2 Å². The van der Waals surface area contributed by atoms with Crippen molar-refractivity contribution in [1.82, 2.24) is 15.6 Å². The Morgan fingerprint density at radius 3 is 3.05 bits per heavy atom. The molecular weight excluding hydrogens is 322 g/mol. The number of nitrogens with one attached hydrogen (secondary N) is 3. The Morgan fingerprint density at radius 2 is 2.30 bits per heavy atom. The molecule has 0 bridgehead atoms. The zero-order valence-electron chi connectivity index (χ0n) is 11.3. The van der Waals surface area contributed by atoms with Crippen LogP contribution in [0.1, 0.15) is 5.56 Å². The van der Waals surface area contributed by atoms with Crippen molar-refractivity contribution in [3.05, 3.63) is 30.0 Å². The fourth-order valence-electron chi connectivity index (χ4n) is 2.01. The number of hydrogen-bond donors (Lipinski definition) is 3. The standard InChI is InChI=1S/C14H18BrN3O2/c1-16-14(19)17-6-4-10-9-18-13-3-2-11(8-12(10)13)20-7-5-15/h2-3,8-9,18H,4-7H2,1H3,(H2,16,17,19). The van der Waals surface area contributed by atoms with Gasteiger partial charge in [-0.05, 0) is 30.2 Å². The zero-order valence-corrected chi connectivity index (χ0v) is 12.9. The summed E-state index contributed by atoms with van der Waals surface area (Å²) in [5.74, 6) is 0.858. The van der Waals surface area contributed by atoms with Crippen LogP contribution < -0.4 is 15.4 Å². The zero-order chi connectivity index (χ0) is 14.4. The van der Waals surface area contributed by atoms with Crippen LogP contribution in [0.15, 0.2) is 24.4 Å². The summed E-state index contributed by atoms with van der Waals surface area (Å²) >= 11 is 3.34. The lowest BCUT2D eigenvalue weighted by molar-refractivity contribution is 0.243. The molecule has 0 atom stereocenters. The number of aromatic amines is 1. The van der Waals surface area contributed by atoms with Gasteiger partial charge < -0.3 is 20.4 Å². The number of urea groups is 1. The Morgan fingerprint density at radius 1 is 1.45 bits per heavy atom. The lowest BCUT2D eigenvalue weighted by Gasteiger charge is -2.06. The van der Waals surface area contributed by atoms with Gasteiger partial charge >= 0.3 is 6.03 Å². The number of carbonyl (C=O) groups is 1. The largest absolute Gasteiger partial charge is 0.493 e. The molecule has 0 aliphatic heterocycles. The van der Waals surface area contributed by atoms with E-state index in [-0.39, 0.29) is 6.03 Å². The van der Waals surface area contributed by atoms with E-state index in [1.807, 2.05) is 24.4 Å². The van der Waals surface area contributed by atoms with Crippen molar-refractivity contribution in [3.8, 4) is 5.75 Å².